The fraction of sp³-hybridized carbons (Fsp3) is 0.125. The summed E-state index contributed by atoms with van der Waals surface area (Å²) in [5.74, 6) is -0.990. The number of hydrogen-bond donors (Lipinski definition) is 2. The number of fused-ring (bicyclic) bond motifs is 1. The highest BCUT2D eigenvalue weighted by atomic mass is 79.9. The first-order chi connectivity index (χ1) is 11.5. The number of nitrogens with one attached hydrogen (secondary N) is 2. The number of H-pyrrole nitrogens is 1. The quantitative estimate of drug-likeness (QED) is 0.597. The van der Waals surface area contributed by atoms with Crippen molar-refractivity contribution in [3.63, 3.8) is 0 Å². The summed E-state index contributed by atoms with van der Waals surface area (Å²) in [7, 11) is 1.40. The zero-order chi connectivity index (χ0) is 17.3. The zero-order valence-corrected chi connectivity index (χ0v) is 14.8. The zero-order valence-electron chi connectivity index (χ0n) is 12.5. The van der Waals surface area contributed by atoms with Crippen molar-refractivity contribution in [1.29, 1.82) is 0 Å². The molecule has 124 valence electrons. The van der Waals surface area contributed by atoms with E-state index in [4.69, 9.17) is 16.3 Å². The van der Waals surface area contributed by atoms with Crippen LogP contribution in [0.15, 0.2) is 35.1 Å². The Bertz CT molecular complexity index is 929. The van der Waals surface area contributed by atoms with Gasteiger partial charge in [0.25, 0.3) is 0 Å². The van der Waals surface area contributed by atoms with Crippen LogP contribution in [0.1, 0.15) is 10.4 Å². The number of rotatable bonds is 5. The van der Waals surface area contributed by atoms with Crippen LogP contribution in [-0.4, -0.2) is 29.5 Å². The van der Waals surface area contributed by atoms with Crippen molar-refractivity contribution in [1.82, 2.24) is 9.97 Å². The molecule has 0 bridgehead atoms. The van der Waals surface area contributed by atoms with Crippen molar-refractivity contribution in [2.75, 3.05) is 19.0 Å². The molecule has 0 saturated carbocycles. The Kier molecular flexibility index (Phi) is 4.84. The van der Waals surface area contributed by atoms with E-state index in [-0.39, 0.29) is 29.2 Å². The van der Waals surface area contributed by atoms with Gasteiger partial charge in [0, 0.05) is 17.1 Å². The predicted octanol–water partition coefficient (Wildman–Crippen LogP) is 4.69. The van der Waals surface area contributed by atoms with E-state index < -0.39 is 5.82 Å². The third-order valence-electron chi connectivity index (χ3n) is 3.42. The Balaban J connectivity index is 2.15. The van der Waals surface area contributed by atoms with Crippen LogP contribution < -0.4 is 5.32 Å². The molecule has 0 fully saturated rings. The van der Waals surface area contributed by atoms with Crippen LogP contribution >= 0.6 is 27.5 Å². The Morgan fingerprint density at radius 1 is 1.46 bits per heavy atom. The number of carbonyl (C=O) groups is 1. The molecule has 0 aliphatic carbocycles. The van der Waals surface area contributed by atoms with E-state index in [1.54, 1.807) is 24.3 Å². The van der Waals surface area contributed by atoms with E-state index in [0.717, 1.165) is 4.47 Å². The van der Waals surface area contributed by atoms with E-state index in [1.165, 1.54) is 13.4 Å². The number of aromatic amines is 1. The number of Topliss-reactive ketones (excluding diaryl/α,β-unsaturated/α-hetero) is 1. The molecule has 0 radical (unpaired) electrons. The standard InChI is InChI=1S/C16H12BrClFN3O2/c1-24-6-13(23)9-5-12-16(21-7-20-12)14(19)15(9)22-11-3-2-8(17)4-10(11)18/h2-5,7,22H,6H2,1H3,(H,20,21). The fourth-order valence-corrected chi connectivity index (χ4v) is 3.04. The molecule has 24 heavy (non-hydrogen) atoms. The molecule has 3 aromatic rings. The summed E-state index contributed by atoms with van der Waals surface area (Å²) in [6.45, 7) is -0.165. The van der Waals surface area contributed by atoms with Crippen LogP contribution in [0, 0.1) is 5.82 Å². The first-order valence-corrected chi connectivity index (χ1v) is 8.08. The Hall–Kier alpha value is -1.96. The Morgan fingerprint density at radius 2 is 2.25 bits per heavy atom. The third-order valence-corrected chi connectivity index (χ3v) is 4.23. The molecule has 0 unspecified atom stereocenters. The molecule has 8 heteroatoms. The number of carbonyl (C=O) groups excluding carboxylic acids is 1. The van der Waals surface area contributed by atoms with E-state index in [1.807, 2.05) is 0 Å². The van der Waals surface area contributed by atoms with Gasteiger partial charge in [0.15, 0.2) is 11.6 Å². The predicted molar refractivity (Wildman–Crippen MR) is 94.7 cm³/mol. The van der Waals surface area contributed by atoms with E-state index >= 15 is 0 Å². The van der Waals surface area contributed by atoms with Crippen molar-refractivity contribution in [2.24, 2.45) is 0 Å². The third kappa shape index (κ3) is 3.15. The number of halogens is 3. The number of ether oxygens (including phenoxy) is 1. The number of imidazole rings is 1. The van der Waals surface area contributed by atoms with Crippen molar-refractivity contribution in [3.8, 4) is 0 Å². The van der Waals surface area contributed by atoms with Gasteiger partial charge >= 0.3 is 0 Å². The molecule has 0 saturated heterocycles. The minimum atomic E-state index is -0.632. The molecule has 0 aliphatic rings. The minimum Gasteiger partial charge on any atom is -0.377 e. The summed E-state index contributed by atoms with van der Waals surface area (Å²) in [5.41, 5.74) is 1.21. The summed E-state index contributed by atoms with van der Waals surface area (Å²) in [5, 5.41) is 3.28. The van der Waals surface area contributed by atoms with Crippen molar-refractivity contribution < 1.29 is 13.9 Å². The van der Waals surface area contributed by atoms with E-state index in [9.17, 15) is 9.18 Å². The number of methoxy groups -OCH3 is 1. The smallest absolute Gasteiger partial charge is 0.190 e. The summed E-state index contributed by atoms with van der Waals surface area (Å²) < 4.78 is 20.5. The normalized spacial score (nSPS) is 11.0. The molecule has 2 N–H and O–H groups in total. The largest absolute Gasteiger partial charge is 0.377 e. The van der Waals surface area contributed by atoms with Crippen LogP contribution in [0.2, 0.25) is 5.02 Å². The number of aromatic nitrogens is 2. The SMILES string of the molecule is COCC(=O)c1cc2[nH]cnc2c(F)c1Nc1ccc(Br)cc1Cl. The Labute approximate surface area is 150 Å². The Morgan fingerprint density at radius 3 is 2.96 bits per heavy atom. The topological polar surface area (TPSA) is 67.0 Å². The second-order valence-corrected chi connectivity index (χ2v) is 6.34. The highest BCUT2D eigenvalue weighted by Gasteiger charge is 2.21. The van der Waals surface area contributed by atoms with Crippen LogP contribution in [0.5, 0.6) is 0 Å². The van der Waals surface area contributed by atoms with Crippen molar-refractivity contribution >= 4 is 55.7 Å². The highest BCUT2D eigenvalue weighted by Crippen LogP contribution is 2.34. The number of hydrogen-bond acceptors (Lipinski definition) is 4. The molecular weight excluding hydrogens is 401 g/mol. The lowest BCUT2D eigenvalue weighted by molar-refractivity contribution is 0.0848. The maximum absolute atomic E-state index is 14.9. The van der Waals surface area contributed by atoms with Gasteiger partial charge < -0.3 is 15.0 Å². The second-order valence-electron chi connectivity index (χ2n) is 5.02. The van der Waals surface area contributed by atoms with Crippen LogP contribution in [-0.2, 0) is 4.74 Å². The molecule has 1 heterocycles. The molecule has 1 aromatic heterocycles. The van der Waals surface area contributed by atoms with Gasteiger partial charge in [-0.25, -0.2) is 9.37 Å². The van der Waals surface area contributed by atoms with Crippen molar-refractivity contribution in [3.05, 3.63) is 51.5 Å². The lowest BCUT2D eigenvalue weighted by atomic mass is 10.1. The maximum atomic E-state index is 14.9. The summed E-state index contributed by atoms with van der Waals surface area (Å²) in [6.07, 6.45) is 1.37. The lowest BCUT2D eigenvalue weighted by Gasteiger charge is -2.14. The minimum absolute atomic E-state index is 0.0147. The van der Waals surface area contributed by atoms with Gasteiger partial charge in [-0.3, -0.25) is 4.79 Å². The summed E-state index contributed by atoms with van der Waals surface area (Å²) in [6, 6.07) is 6.66. The number of benzene rings is 2. The molecule has 3 rings (SSSR count). The highest BCUT2D eigenvalue weighted by molar-refractivity contribution is 9.10. The summed E-state index contributed by atoms with van der Waals surface area (Å²) >= 11 is 9.49. The van der Waals surface area contributed by atoms with Gasteiger partial charge in [-0.05, 0) is 24.3 Å². The first kappa shape index (κ1) is 16.9. The molecule has 0 spiro atoms. The molecule has 0 amide bonds. The number of ketones is 1. The maximum Gasteiger partial charge on any atom is 0.190 e. The number of anilines is 2. The first-order valence-electron chi connectivity index (χ1n) is 6.91. The molecule has 2 aromatic carbocycles. The van der Waals surface area contributed by atoms with E-state index in [2.05, 4.69) is 31.2 Å². The molecular formula is C16H12BrClFN3O2. The van der Waals surface area contributed by atoms with Gasteiger partial charge in [-0.15, -0.1) is 0 Å². The van der Waals surface area contributed by atoms with Crippen LogP contribution in [0.3, 0.4) is 0 Å². The lowest BCUT2D eigenvalue weighted by Crippen LogP contribution is -2.11. The van der Waals surface area contributed by atoms with Gasteiger partial charge in [-0.2, -0.15) is 0 Å². The van der Waals surface area contributed by atoms with Gasteiger partial charge in [0.05, 0.1) is 28.2 Å². The van der Waals surface area contributed by atoms with Gasteiger partial charge in [0.1, 0.15) is 12.1 Å². The van der Waals surface area contributed by atoms with Crippen molar-refractivity contribution in [2.45, 2.75) is 0 Å². The summed E-state index contributed by atoms with van der Waals surface area (Å²) in [4.78, 5) is 19.1. The van der Waals surface area contributed by atoms with Crippen LogP contribution in [0.4, 0.5) is 15.8 Å². The molecule has 0 atom stereocenters. The average Bonchev–Trinajstić information content (AvgIpc) is 3.01. The van der Waals surface area contributed by atoms with Gasteiger partial charge in [0.2, 0.25) is 0 Å². The second kappa shape index (κ2) is 6.88. The number of nitrogens with zero attached hydrogens (tertiary/aromatic N) is 1. The molecule has 5 nitrogen and oxygen atoms in total. The van der Waals surface area contributed by atoms with Crippen LogP contribution in [0.25, 0.3) is 11.0 Å². The monoisotopic (exact) mass is 411 g/mol. The van der Waals surface area contributed by atoms with Gasteiger partial charge in [-0.1, -0.05) is 27.5 Å². The molecule has 0 aliphatic heterocycles. The average molecular weight is 413 g/mol. The van der Waals surface area contributed by atoms with E-state index in [0.29, 0.717) is 16.2 Å². The fourth-order valence-electron chi connectivity index (χ4n) is 2.32.